The number of hydrogen-bond donors (Lipinski definition) is 0. The average Bonchev–Trinajstić information content (AvgIpc) is 2.54. The first-order valence-corrected chi connectivity index (χ1v) is 8.73. The summed E-state index contributed by atoms with van der Waals surface area (Å²) >= 11 is 3.48. The molecule has 2 aromatic rings. The van der Waals surface area contributed by atoms with Gasteiger partial charge in [-0.2, -0.15) is 0 Å². The predicted octanol–water partition coefficient (Wildman–Crippen LogP) is 5.30. The van der Waals surface area contributed by atoms with Gasteiger partial charge in [0.1, 0.15) is 5.76 Å². The molecule has 2 nitrogen and oxygen atoms in total. The van der Waals surface area contributed by atoms with E-state index < -0.39 is 0 Å². The Morgan fingerprint density at radius 1 is 1.00 bits per heavy atom. The van der Waals surface area contributed by atoms with E-state index in [9.17, 15) is 4.79 Å². The Morgan fingerprint density at radius 2 is 1.70 bits per heavy atom. The maximum absolute atomic E-state index is 12.8. The van der Waals surface area contributed by atoms with E-state index in [0.29, 0.717) is 5.76 Å². The first-order valence-electron chi connectivity index (χ1n) is 7.94. The summed E-state index contributed by atoms with van der Waals surface area (Å²) in [5.41, 5.74) is 1.77. The number of hydrogen-bond acceptors (Lipinski definition) is 2. The van der Waals surface area contributed by atoms with Gasteiger partial charge in [-0.15, -0.1) is 0 Å². The summed E-state index contributed by atoms with van der Waals surface area (Å²) in [5, 5.41) is 0. The third-order valence-corrected chi connectivity index (χ3v) is 5.58. The molecule has 116 valence electrons. The Morgan fingerprint density at radius 3 is 2.30 bits per heavy atom. The molecule has 3 heteroatoms. The number of carbonyl (C=O) groups is 1. The van der Waals surface area contributed by atoms with Gasteiger partial charge in [0.05, 0.1) is 5.41 Å². The highest BCUT2D eigenvalue weighted by Gasteiger charge is 2.53. The van der Waals surface area contributed by atoms with Crippen LogP contribution in [0.15, 0.2) is 65.1 Å². The van der Waals surface area contributed by atoms with Crippen molar-refractivity contribution in [3.63, 3.8) is 0 Å². The van der Waals surface area contributed by atoms with Crippen LogP contribution in [0, 0.1) is 5.41 Å². The van der Waals surface area contributed by atoms with Crippen LogP contribution >= 0.6 is 15.9 Å². The maximum Gasteiger partial charge on any atom is 0.318 e. The summed E-state index contributed by atoms with van der Waals surface area (Å²) in [6, 6.07) is 18.1. The smallest absolute Gasteiger partial charge is 0.318 e. The van der Waals surface area contributed by atoms with Crippen molar-refractivity contribution in [1.29, 1.82) is 0 Å². The summed E-state index contributed by atoms with van der Waals surface area (Å²) in [5.74, 6) is 0.694. The second-order valence-electron chi connectivity index (χ2n) is 6.33. The number of benzene rings is 2. The van der Waals surface area contributed by atoms with Crippen LogP contribution in [0.1, 0.15) is 36.3 Å². The SMILES string of the molecule is O=C1OC(c2ccccc2)=CC(c2ccc(Br)cc2)C12CCC2. The molecule has 23 heavy (non-hydrogen) atoms. The summed E-state index contributed by atoms with van der Waals surface area (Å²) in [6.45, 7) is 0. The number of ether oxygens (including phenoxy) is 1. The molecular formula is C20H17BrO2. The first kappa shape index (κ1) is 14.7. The zero-order valence-electron chi connectivity index (χ0n) is 12.7. The molecule has 1 unspecified atom stereocenters. The van der Waals surface area contributed by atoms with Crippen LogP contribution in [0.2, 0.25) is 0 Å². The summed E-state index contributed by atoms with van der Waals surface area (Å²) in [4.78, 5) is 12.8. The van der Waals surface area contributed by atoms with Crippen molar-refractivity contribution in [2.45, 2.75) is 25.2 Å². The summed E-state index contributed by atoms with van der Waals surface area (Å²) in [6.07, 6.45) is 5.05. The van der Waals surface area contributed by atoms with Crippen molar-refractivity contribution in [1.82, 2.24) is 0 Å². The highest BCUT2D eigenvalue weighted by Crippen LogP contribution is 2.56. The zero-order valence-corrected chi connectivity index (χ0v) is 14.3. The fourth-order valence-electron chi connectivity index (χ4n) is 3.59. The Bertz CT molecular complexity index is 758. The van der Waals surface area contributed by atoms with Gasteiger partial charge in [-0.3, -0.25) is 4.79 Å². The molecule has 0 saturated heterocycles. The van der Waals surface area contributed by atoms with Gasteiger partial charge < -0.3 is 4.74 Å². The Balaban J connectivity index is 1.80. The summed E-state index contributed by atoms with van der Waals surface area (Å²) in [7, 11) is 0. The molecule has 0 aromatic heterocycles. The van der Waals surface area contributed by atoms with Crippen molar-refractivity contribution in [3.8, 4) is 0 Å². The van der Waals surface area contributed by atoms with E-state index >= 15 is 0 Å². The van der Waals surface area contributed by atoms with E-state index in [1.165, 1.54) is 5.56 Å². The largest absolute Gasteiger partial charge is 0.426 e. The highest BCUT2D eigenvalue weighted by molar-refractivity contribution is 9.10. The second kappa shape index (κ2) is 5.64. The third kappa shape index (κ3) is 2.43. The van der Waals surface area contributed by atoms with E-state index in [2.05, 4.69) is 34.1 Å². The van der Waals surface area contributed by atoms with Crippen LogP contribution in [0.5, 0.6) is 0 Å². The number of halogens is 1. The van der Waals surface area contributed by atoms with Crippen LogP contribution in [0.25, 0.3) is 5.76 Å². The number of esters is 1. The van der Waals surface area contributed by atoms with Crippen molar-refractivity contribution >= 4 is 27.7 Å². The van der Waals surface area contributed by atoms with Gasteiger partial charge in [-0.1, -0.05) is 64.8 Å². The molecule has 0 amide bonds. The van der Waals surface area contributed by atoms with Crippen molar-refractivity contribution in [2.24, 2.45) is 5.41 Å². The van der Waals surface area contributed by atoms with Gasteiger partial charge in [-0.25, -0.2) is 0 Å². The maximum atomic E-state index is 12.8. The Hall–Kier alpha value is -1.87. The third-order valence-electron chi connectivity index (χ3n) is 5.06. The molecule has 2 aliphatic rings. The lowest BCUT2D eigenvalue weighted by Gasteiger charge is -2.47. The van der Waals surface area contributed by atoms with Gasteiger partial charge in [-0.05, 0) is 36.6 Å². The molecule has 0 N–H and O–H groups in total. The second-order valence-corrected chi connectivity index (χ2v) is 7.24. The van der Waals surface area contributed by atoms with E-state index in [1.807, 2.05) is 42.5 Å². The standard InChI is InChI=1S/C20H17BrO2/c21-16-9-7-14(8-10-16)17-13-18(15-5-2-1-3-6-15)23-19(22)20(17)11-4-12-20/h1-3,5-10,13,17H,4,11-12H2. The lowest BCUT2D eigenvalue weighted by atomic mass is 9.58. The fraction of sp³-hybridized carbons (Fsp3) is 0.250. The molecule has 4 rings (SSSR count). The minimum absolute atomic E-state index is 0.0713. The molecule has 1 atom stereocenters. The zero-order chi connectivity index (χ0) is 15.9. The van der Waals surface area contributed by atoms with Crippen LogP contribution in [0.4, 0.5) is 0 Å². The highest BCUT2D eigenvalue weighted by atomic mass is 79.9. The van der Waals surface area contributed by atoms with Gasteiger partial charge in [0.15, 0.2) is 0 Å². The van der Waals surface area contributed by atoms with Gasteiger partial charge >= 0.3 is 5.97 Å². The van der Waals surface area contributed by atoms with Crippen LogP contribution < -0.4 is 0 Å². The number of allylic oxidation sites excluding steroid dienone is 1. The molecule has 0 radical (unpaired) electrons. The predicted molar refractivity (Wildman–Crippen MR) is 93.7 cm³/mol. The number of rotatable bonds is 2. The molecule has 1 saturated carbocycles. The molecule has 1 aliphatic carbocycles. The Labute approximate surface area is 144 Å². The number of cyclic esters (lactones) is 1. The minimum atomic E-state index is -0.369. The molecule has 1 aliphatic heterocycles. The van der Waals surface area contributed by atoms with Crippen LogP contribution in [0.3, 0.4) is 0 Å². The molecule has 2 aromatic carbocycles. The van der Waals surface area contributed by atoms with Gasteiger partial charge in [0.2, 0.25) is 0 Å². The molecule has 0 bridgehead atoms. The van der Waals surface area contributed by atoms with E-state index in [0.717, 1.165) is 29.3 Å². The fourth-order valence-corrected chi connectivity index (χ4v) is 3.85. The van der Waals surface area contributed by atoms with Gasteiger partial charge in [0.25, 0.3) is 0 Å². The molecule has 1 spiro atoms. The van der Waals surface area contributed by atoms with Crippen LogP contribution in [-0.2, 0) is 9.53 Å². The normalized spacial score (nSPS) is 22.2. The topological polar surface area (TPSA) is 26.3 Å². The number of carbonyl (C=O) groups excluding carboxylic acids is 1. The van der Waals surface area contributed by atoms with E-state index in [4.69, 9.17) is 4.74 Å². The van der Waals surface area contributed by atoms with Crippen molar-refractivity contribution in [3.05, 3.63) is 76.3 Å². The quantitative estimate of drug-likeness (QED) is 0.672. The van der Waals surface area contributed by atoms with Crippen molar-refractivity contribution < 1.29 is 9.53 Å². The van der Waals surface area contributed by atoms with E-state index in [-0.39, 0.29) is 17.3 Å². The lowest BCUT2D eigenvalue weighted by molar-refractivity contribution is -0.156. The van der Waals surface area contributed by atoms with Gasteiger partial charge in [0, 0.05) is 16.0 Å². The lowest BCUT2D eigenvalue weighted by Crippen LogP contribution is -2.46. The average molecular weight is 369 g/mol. The first-order chi connectivity index (χ1) is 11.2. The monoisotopic (exact) mass is 368 g/mol. The van der Waals surface area contributed by atoms with E-state index in [1.54, 1.807) is 0 Å². The van der Waals surface area contributed by atoms with Crippen LogP contribution in [-0.4, -0.2) is 5.97 Å². The summed E-state index contributed by atoms with van der Waals surface area (Å²) < 4.78 is 6.77. The molecule has 1 heterocycles. The molecular weight excluding hydrogens is 352 g/mol. The minimum Gasteiger partial charge on any atom is -0.426 e. The Kier molecular flexibility index (Phi) is 3.61. The van der Waals surface area contributed by atoms with Crippen molar-refractivity contribution in [2.75, 3.05) is 0 Å². The molecule has 1 fully saturated rings.